The first-order valence-corrected chi connectivity index (χ1v) is 10.6. The molecule has 3 aromatic rings. The number of carbonyl (C=O) groups is 1. The minimum Gasteiger partial charge on any atom is -0.381 e. The molecule has 1 saturated heterocycles. The van der Waals surface area contributed by atoms with Crippen LogP contribution in [-0.4, -0.2) is 39.9 Å². The molecule has 0 radical (unpaired) electrons. The van der Waals surface area contributed by atoms with Gasteiger partial charge in [-0.25, -0.2) is 14.1 Å². The summed E-state index contributed by atoms with van der Waals surface area (Å²) in [7, 11) is 0. The number of rotatable bonds is 6. The Hall–Kier alpha value is -3.21. The van der Waals surface area contributed by atoms with Crippen LogP contribution in [-0.2, 0) is 24.0 Å². The van der Waals surface area contributed by atoms with Crippen molar-refractivity contribution in [2.45, 2.75) is 45.1 Å². The number of fused-ring (bicyclic) bond motifs is 1. The van der Waals surface area contributed by atoms with E-state index in [-0.39, 0.29) is 17.2 Å². The first-order chi connectivity index (χ1) is 15.8. The molecule has 0 bridgehead atoms. The average Bonchev–Trinajstić information content (AvgIpc) is 3.22. The van der Waals surface area contributed by atoms with Gasteiger partial charge in [-0.05, 0) is 38.0 Å². The summed E-state index contributed by atoms with van der Waals surface area (Å²) >= 11 is 0. The number of carbonyl (C=O) groups excluding carboxylic acids is 1. The Balaban J connectivity index is 1.62. The Bertz CT molecular complexity index is 1160. The standard InChI is InChI=1S/C22H23F4N5O2/c1-2-31-20-16(12-29-31)19(30-15-5-7-33-8-6-15)17(11-27-20)21(32)28-10-13-9-14(22(24,25)26)3-4-18(13)23/h3-4,9,11-12,15H,2,5-8,10H2,1H3,(H,27,30)(H,28,32). The monoisotopic (exact) mass is 465 g/mol. The van der Waals surface area contributed by atoms with Gasteiger partial charge in [-0.3, -0.25) is 4.79 Å². The number of pyridine rings is 1. The van der Waals surface area contributed by atoms with E-state index in [1.54, 1.807) is 10.9 Å². The van der Waals surface area contributed by atoms with Gasteiger partial charge in [0.1, 0.15) is 5.82 Å². The van der Waals surface area contributed by atoms with Crippen molar-refractivity contribution in [3.05, 3.63) is 53.1 Å². The molecule has 1 fully saturated rings. The number of nitrogens with zero attached hydrogens (tertiary/aromatic N) is 3. The highest BCUT2D eigenvalue weighted by molar-refractivity contribution is 6.06. The third-order valence-electron chi connectivity index (χ3n) is 5.59. The Morgan fingerprint density at radius 1 is 1.24 bits per heavy atom. The van der Waals surface area contributed by atoms with Gasteiger partial charge in [0.15, 0.2) is 5.65 Å². The number of ether oxygens (including phenoxy) is 1. The lowest BCUT2D eigenvalue weighted by molar-refractivity contribution is -0.137. The fourth-order valence-corrected chi connectivity index (χ4v) is 3.79. The molecule has 1 amide bonds. The minimum absolute atomic E-state index is 0.0711. The van der Waals surface area contributed by atoms with Crippen LogP contribution in [0.15, 0.2) is 30.6 Å². The van der Waals surface area contributed by atoms with Crippen molar-refractivity contribution in [3.8, 4) is 0 Å². The Morgan fingerprint density at radius 3 is 2.70 bits per heavy atom. The number of alkyl halides is 3. The van der Waals surface area contributed by atoms with Crippen molar-refractivity contribution in [1.29, 1.82) is 0 Å². The van der Waals surface area contributed by atoms with Crippen molar-refractivity contribution in [1.82, 2.24) is 20.1 Å². The number of aromatic nitrogens is 3. The second-order valence-corrected chi connectivity index (χ2v) is 7.76. The number of hydrogen-bond donors (Lipinski definition) is 2. The zero-order valence-electron chi connectivity index (χ0n) is 17.9. The molecule has 1 aliphatic heterocycles. The van der Waals surface area contributed by atoms with Crippen LogP contribution in [0.2, 0.25) is 0 Å². The van der Waals surface area contributed by atoms with Gasteiger partial charge in [0.2, 0.25) is 0 Å². The van der Waals surface area contributed by atoms with Crippen LogP contribution in [0.4, 0.5) is 23.2 Å². The average molecular weight is 465 g/mol. The quantitative estimate of drug-likeness (QED) is 0.535. The summed E-state index contributed by atoms with van der Waals surface area (Å²) in [6.45, 7) is 3.29. The predicted octanol–water partition coefficient (Wildman–Crippen LogP) is 4.13. The third-order valence-corrected chi connectivity index (χ3v) is 5.59. The van der Waals surface area contributed by atoms with E-state index in [2.05, 4.69) is 20.7 Å². The van der Waals surface area contributed by atoms with E-state index in [1.165, 1.54) is 6.20 Å². The molecule has 1 aliphatic rings. The maximum absolute atomic E-state index is 14.1. The van der Waals surface area contributed by atoms with Crippen LogP contribution in [0, 0.1) is 5.82 Å². The summed E-state index contributed by atoms with van der Waals surface area (Å²) < 4.78 is 60.1. The van der Waals surface area contributed by atoms with Crippen molar-refractivity contribution in [3.63, 3.8) is 0 Å². The van der Waals surface area contributed by atoms with Crippen molar-refractivity contribution >= 4 is 22.6 Å². The van der Waals surface area contributed by atoms with Gasteiger partial charge >= 0.3 is 6.18 Å². The number of nitrogens with one attached hydrogen (secondary N) is 2. The summed E-state index contributed by atoms with van der Waals surface area (Å²) in [6, 6.07) is 2.18. The molecular weight excluding hydrogens is 442 g/mol. The molecule has 7 nitrogen and oxygen atoms in total. The number of hydrogen-bond acceptors (Lipinski definition) is 5. The smallest absolute Gasteiger partial charge is 0.381 e. The van der Waals surface area contributed by atoms with Crippen LogP contribution in [0.1, 0.15) is 41.3 Å². The summed E-state index contributed by atoms with van der Waals surface area (Å²) in [4.78, 5) is 17.4. The second-order valence-electron chi connectivity index (χ2n) is 7.76. The van der Waals surface area contributed by atoms with E-state index in [0.29, 0.717) is 48.6 Å². The fourth-order valence-electron chi connectivity index (χ4n) is 3.79. The normalized spacial score (nSPS) is 15.1. The van der Waals surface area contributed by atoms with Crippen molar-refractivity contribution < 1.29 is 27.1 Å². The molecule has 2 aromatic heterocycles. The molecule has 0 aliphatic carbocycles. The Kier molecular flexibility index (Phi) is 6.50. The molecule has 3 heterocycles. The molecule has 0 saturated carbocycles. The molecule has 4 rings (SSSR count). The fraction of sp³-hybridized carbons (Fsp3) is 0.409. The van der Waals surface area contributed by atoms with E-state index >= 15 is 0 Å². The minimum atomic E-state index is -4.61. The van der Waals surface area contributed by atoms with Gasteiger partial charge in [0, 0.05) is 44.1 Å². The van der Waals surface area contributed by atoms with Gasteiger partial charge in [0.25, 0.3) is 5.91 Å². The van der Waals surface area contributed by atoms with Gasteiger partial charge in [-0.1, -0.05) is 0 Å². The maximum Gasteiger partial charge on any atom is 0.416 e. The Morgan fingerprint density at radius 2 is 2.00 bits per heavy atom. The van der Waals surface area contributed by atoms with Gasteiger partial charge in [-0.2, -0.15) is 18.3 Å². The molecular formula is C22H23F4N5O2. The van der Waals surface area contributed by atoms with Crippen molar-refractivity contribution in [2.75, 3.05) is 18.5 Å². The lowest BCUT2D eigenvalue weighted by Crippen LogP contribution is -2.30. The van der Waals surface area contributed by atoms with Gasteiger partial charge < -0.3 is 15.4 Å². The molecule has 176 valence electrons. The molecule has 33 heavy (non-hydrogen) atoms. The van der Waals surface area contributed by atoms with Crippen LogP contribution in [0.3, 0.4) is 0 Å². The van der Waals surface area contributed by atoms with Crippen molar-refractivity contribution in [2.24, 2.45) is 0 Å². The zero-order valence-corrected chi connectivity index (χ0v) is 17.9. The lowest BCUT2D eigenvalue weighted by atomic mass is 10.1. The van der Waals surface area contributed by atoms with Gasteiger partial charge in [0.05, 0.1) is 28.4 Å². The highest BCUT2D eigenvalue weighted by atomic mass is 19.4. The van der Waals surface area contributed by atoms with Crippen LogP contribution in [0.25, 0.3) is 11.0 Å². The number of amides is 1. The number of anilines is 1. The van der Waals surface area contributed by atoms with Crippen LogP contribution < -0.4 is 10.6 Å². The number of aryl methyl sites for hydroxylation is 1. The first-order valence-electron chi connectivity index (χ1n) is 10.6. The van der Waals surface area contributed by atoms with E-state index in [9.17, 15) is 22.4 Å². The molecule has 11 heteroatoms. The Labute approximate surface area is 187 Å². The van der Waals surface area contributed by atoms with E-state index in [1.807, 2.05) is 6.92 Å². The highest BCUT2D eigenvalue weighted by Crippen LogP contribution is 2.31. The van der Waals surface area contributed by atoms with Crippen LogP contribution in [0.5, 0.6) is 0 Å². The van der Waals surface area contributed by atoms with E-state index in [4.69, 9.17) is 4.74 Å². The molecule has 0 spiro atoms. The molecule has 0 unspecified atom stereocenters. The highest BCUT2D eigenvalue weighted by Gasteiger charge is 2.31. The topological polar surface area (TPSA) is 81.1 Å². The molecule has 0 atom stereocenters. The first kappa shape index (κ1) is 23.0. The second kappa shape index (κ2) is 9.34. The summed E-state index contributed by atoms with van der Waals surface area (Å²) in [5.41, 5.74) is 0.105. The maximum atomic E-state index is 14.1. The third kappa shape index (κ3) is 4.92. The molecule has 1 aromatic carbocycles. The zero-order chi connectivity index (χ0) is 23.6. The number of benzene rings is 1. The summed E-state index contributed by atoms with van der Waals surface area (Å²) in [5, 5.41) is 10.9. The van der Waals surface area contributed by atoms with Gasteiger partial charge in [-0.15, -0.1) is 0 Å². The summed E-state index contributed by atoms with van der Waals surface area (Å²) in [6.07, 6.45) is -0.0848. The largest absolute Gasteiger partial charge is 0.416 e. The lowest BCUT2D eigenvalue weighted by Gasteiger charge is -2.25. The van der Waals surface area contributed by atoms with Crippen LogP contribution >= 0.6 is 0 Å². The van der Waals surface area contributed by atoms with E-state index < -0.39 is 30.0 Å². The summed E-state index contributed by atoms with van der Waals surface area (Å²) in [5.74, 6) is -1.42. The van der Waals surface area contributed by atoms with E-state index in [0.717, 1.165) is 18.9 Å². The predicted molar refractivity (Wildman–Crippen MR) is 113 cm³/mol. The molecule has 2 N–H and O–H groups in total. The SMILES string of the molecule is CCn1ncc2c(NC3CCOCC3)c(C(=O)NCc3cc(C(F)(F)F)ccc3F)cnc21. The number of halogens is 4.